The molecule has 0 fully saturated rings. The van der Waals surface area contributed by atoms with Gasteiger partial charge in [0.25, 0.3) is 0 Å². The van der Waals surface area contributed by atoms with Gasteiger partial charge in [0.2, 0.25) is 0 Å². The Morgan fingerprint density at radius 1 is 1.16 bits per heavy atom. The lowest BCUT2D eigenvalue weighted by atomic mass is 10.1. The van der Waals surface area contributed by atoms with Crippen molar-refractivity contribution in [2.75, 3.05) is 18.5 Å². The quantitative estimate of drug-likeness (QED) is 0.698. The van der Waals surface area contributed by atoms with Gasteiger partial charge in [-0.2, -0.15) is 0 Å². The van der Waals surface area contributed by atoms with E-state index in [0.717, 1.165) is 40.5 Å². The number of hydrogen-bond donors (Lipinski definition) is 2. The Labute approximate surface area is 109 Å². The minimum Gasteiger partial charge on any atom is -0.489 e. The number of imidazole rings is 1. The average Bonchev–Trinajstić information content (AvgIpc) is 2.90. The van der Waals surface area contributed by atoms with E-state index in [0.29, 0.717) is 6.61 Å². The first kappa shape index (κ1) is 10.4. The number of anilines is 1. The Kier molecular flexibility index (Phi) is 2.17. The van der Waals surface area contributed by atoms with Gasteiger partial charge in [-0.1, -0.05) is 6.07 Å². The molecule has 3 aromatic rings. The highest BCUT2D eigenvalue weighted by molar-refractivity contribution is 5.81. The number of H-pyrrole nitrogens is 1. The van der Waals surface area contributed by atoms with Gasteiger partial charge in [-0.15, -0.1) is 0 Å². The summed E-state index contributed by atoms with van der Waals surface area (Å²) < 4.78 is 5.76. The summed E-state index contributed by atoms with van der Waals surface area (Å²) in [5.41, 5.74) is 3.62. The fraction of sp³-hybridized carbons (Fsp3) is 0.143. The molecule has 1 aliphatic heterocycles. The first-order valence-corrected chi connectivity index (χ1v) is 6.22. The van der Waals surface area contributed by atoms with Crippen LogP contribution in [0.25, 0.3) is 22.6 Å². The van der Waals surface area contributed by atoms with Crippen LogP contribution in [0.3, 0.4) is 0 Å². The van der Waals surface area contributed by atoms with Crippen LogP contribution < -0.4 is 10.1 Å². The molecule has 0 unspecified atom stereocenters. The molecule has 1 aliphatic rings. The molecule has 94 valence electrons. The largest absolute Gasteiger partial charge is 0.489 e. The topological polar surface area (TPSA) is 62.8 Å². The highest BCUT2D eigenvalue weighted by Crippen LogP contribution is 2.37. The number of rotatable bonds is 1. The van der Waals surface area contributed by atoms with E-state index in [1.54, 1.807) is 6.20 Å². The maximum Gasteiger partial charge on any atom is 0.178 e. The van der Waals surface area contributed by atoms with E-state index < -0.39 is 0 Å². The zero-order valence-electron chi connectivity index (χ0n) is 10.2. The SMILES string of the molecule is c1cc2c(c(-c3nc4ncccc4[nH]3)c1)OCCN2. The highest BCUT2D eigenvalue weighted by Gasteiger charge is 2.17. The third kappa shape index (κ3) is 1.62. The fourth-order valence-electron chi connectivity index (χ4n) is 2.33. The molecule has 0 saturated heterocycles. The molecule has 5 heteroatoms. The maximum absolute atomic E-state index is 5.76. The summed E-state index contributed by atoms with van der Waals surface area (Å²) in [6.07, 6.45) is 1.74. The molecule has 0 atom stereocenters. The minimum atomic E-state index is 0.669. The molecule has 2 aromatic heterocycles. The maximum atomic E-state index is 5.76. The van der Waals surface area contributed by atoms with Gasteiger partial charge in [0.1, 0.15) is 12.4 Å². The number of fused-ring (bicyclic) bond motifs is 2. The lowest BCUT2D eigenvalue weighted by molar-refractivity contribution is 0.324. The highest BCUT2D eigenvalue weighted by atomic mass is 16.5. The van der Waals surface area contributed by atoms with E-state index >= 15 is 0 Å². The monoisotopic (exact) mass is 252 g/mol. The standard InChI is InChI=1S/C14H12N4O/c1-3-9(12-10(4-1)15-7-8-19-12)13-17-11-5-2-6-16-14(11)18-13/h1-6,15H,7-8H2,(H,16,17,18). The summed E-state index contributed by atoms with van der Waals surface area (Å²) in [5, 5.41) is 3.32. The van der Waals surface area contributed by atoms with Gasteiger partial charge in [0.05, 0.1) is 16.8 Å². The second kappa shape index (κ2) is 3.98. The second-order valence-electron chi connectivity index (χ2n) is 4.42. The van der Waals surface area contributed by atoms with Crippen molar-refractivity contribution in [3.63, 3.8) is 0 Å². The summed E-state index contributed by atoms with van der Waals surface area (Å²) in [7, 11) is 0. The van der Waals surface area contributed by atoms with Crippen molar-refractivity contribution in [3.8, 4) is 17.1 Å². The molecule has 3 heterocycles. The van der Waals surface area contributed by atoms with Crippen molar-refractivity contribution in [2.45, 2.75) is 0 Å². The molecule has 0 aliphatic carbocycles. The minimum absolute atomic E-state index is 0.669. The predicted molar refractivity (Wildman–Crippen MR) is 73.3 cm³/mol. The first-order chi connectivity index (χ1) is 9.42. The van der Waals surface area contributed by atoms with E-state index in [2.05, 4.69) is 20.3 Å². The van der Waals surface area contributed by atoms with Crippen molar-refractivity contribution in [1.29, 1.82) is 0 Å². The number of aromatic amines is 1. The zero-order valence-corrected chi connectivity index (χ0v) is 10.2. The van der Waals surface area contributed by atoms with Gasteiger partial charge in [-0.3, -0.25) is 0 Å². The molecular weight excluding hydrogens is 240 g/mol. The van der Waals surface area contributed by atoms with Crippen LogP contribution in [0.4, 0.5) is 5.69 Å². The molecule has 4 rings (SSSR count). The lowest BCUT2D eigenvalue weighted by Gasteiger charge is -2.20. The molecule has 0 amide bonds. The normalized spacial score (nSPS) is 13.7. The van der Waals surface area contributed by atoms with Crippen molar-refractivity contribution >= 4 is 16.9 Å². The summed E-state index contributed by atoms with van der Waals surface area (Å²) in [5.74, 6) is 1.64. The molecule has 0 spiro atoms. The average molecular weight is 252 g/mol. The van der Waals surface area contributed by atoms with E-state index in [1.165, 1.54) is 0 Å². The fourth-order valence-corrected chi connectivity index (χ4v) is 2.33. The molecule has 1 aromatic carbocycles. The third-order valence-electron chi connectivity index (χ3n) is 3.19. The van der Waals surface area contributed by atoms with Gasteiger partial charge in [0, 0.05) is 12.7 Å². The number of hydrogen-bond acceptors (Lipinski definition) is 4. The Bertz CT molecular complexity index is 717. The summed E-state index contributed by atoms with van der Waals surface area (Å²) in [6, 6.07) is 9.87. The summed E-state index contributed by atoms with van der Waals surface area (Å²) in [6.45, 7) is 1.50. The molecule has 0 radical (unpaired) electrons. The Hall–Kier alpha value is -2.56. The van der Waals surface area contributed by atoms with E-state index in [-0.39, 0.29) is 0 Å². The van der Waals surface area contributed by atoms with Crippen LogP contribution in [0.1, 0.15) is 0 Å². The van der Waals surface area contributed by atoms with Crippen LogP contribution in [0, 0.1) is 0 Å². The number of aromatic nitrogens is 3. The van der Waals surface area contributed by atoms with Crippen LogP contribution in [-0.4, -0.2) is 28.1 Å². The van der Waals surface area contributed by atoms with Crippen LogP contribution >= 0.6 is 0 Å². The molecule has 5 nitrogen and oxygen atoms in total. The Balaban J connectivity index is 1.92. The van der Waals surface area contributed by atoms with Crippen LogP contribution in [0.15, 0.2) is 36.5 Å². The number of nitrogens with one attached hydrogen (secondary N) is 2. The van der Waals surface area contributed by atoms with Gasteiger partial charge < -0.3 is 15.0 Å². The van der Waals surface area contributed by atoms with Crippen LogP contribution in [0.5, 0.6) is 5.75 Å². The van der Waals surface area contributed by atoms with Crippen molar-refractivity contribution < 1.29 is 4.74 Å². The van der Waals surface area contributed by atoms with Crippen LogP contribution in [-0.2, 0) is 0 Å². The van der Waals surface area contributed by atoms with E-state index in [1.807, 2.05) is 30.3 Å². The van der Waals surface area contributed by atoms with Crippen molar-refractivity contribution in [1.82, 2.24) is 15.0 Å². The number of pyridine rings is 1. The predicted octanol–water partition coefficient (Wildman–Crippen LogP) is 2.43. The first-order valence-electron chi connectivity index (χ1n) is 6.22. The lowest BCUT2D eigenvalue weighted by Crippen LogP contribution is -2.18. The third-order valence-corrected chi connectivity index (χ3v) is 3.19. The van der Waals surface area contributed by atoms with Crippen molar-refractivity contribution in [3.05, 3.63) is 36.5 Å². The van der Waals surface area contributed by atoms with Gasteiger partial charge in [-0.05, 0) is 24.3 Å². The van der Waals surface area contributed by atoms with E-state index in [4.69, 9.17) is 4.74 Å². The molecular formula is C14H12N4O. The zero-order chi connectivity index (χ0) is 12.7. The van der Waals surface area contributed by atoms with Gasteiger partial charge in [-0.25, -0.2) is 9.97 Å². The Morgan fingerprint density at radius 2 is 2.16 bits per heavy atom. The Morgan fingerprint density at radius 3 is 3.11 bits per heavy atom. The van der Waals surface area contributed by atoms with Gasteiger partial charge >= 0.3 is 0 Å². The summed E-state index contributed by atoms with van der Waals surface area (Å²) in [4.78, 5) is 12.0. The molecule has 2 N–H and O–H groups in total. The molecule has 0 bridgehead atoms. The number of benzene rings is 1. The molecule has 19 heavy (non-hydrogen) atoms. The van der Waals surface area contributed by atoms with Crippen LogP contribution in [0.2, 0.25) is 0 Å². The number of para-hydroxylation sites is 1. The summed E-state index contributed by atoms with van der Waals surface area (Å²) >= 11 is 0. The smallest absolute Gasteiger partial charge is 0.178 e. The number of nitrogens with zero attached hydrogens (tertiary/aromatic N) is 2. The number of ether oxygens (including phenoxy) is 1. The van der Waals surface area contributed by atoms with Crippen molar-refractivity contribution in [2.24, 2.45) is 0 Å². The van der Waals surface area contributed by atoms with E-state index in [9.17, 15) is 0 Å². The molecule has 0 saturated carbocycles. The van der Waals surface area contributed by atoms with Gasteiger partial charge in [0.15, 0.2) is 11.4 Å². The second-order valence-corrected chi connectivity index (χ2v) is 4.42.